The minimum atomic E-state index is 0.0878. The van der Waals surface area contributed by atoms with Gasteiger partial charge in [-0.15, -0.1) is 17.2 Å². The van der Waals surface area contributed by atoms with Crippen LogP contribution in [0.3, 0.4) is 0 Å². The second-order valence-corrected chi connectivity index (χ2v) is 3.17. The summed E-state index contributed by atoms with van der Waals surface area (Å²) in [6.45, 7) is 5.71. The maximum atomic E-state index is 3.66. The monoisotopic (exact) mass is 106 g/mol. The smallest absolute Gasteiger partial charge is 0.214 e. The summed E-state index contributed by atoms with van der Waals surface area (Å²) in [5.41, 5.74) is 0. The van der Waals surface area contributed by atoms with Gasteiger partial charge in [0.2, 0.25) is 0 Å². The van der Waals surface area contributed by atoms with Gasteiger partial charge in [-0.3, -0.25) is 0 Å². The van der Waals surface area contributed by atoms with Crippen LogP contribution in [-0.2, 0) is 0 Å². The lowest BCUT2D eigenvalue weighted by Crippen LogP contribution is -1.75. The van der Waals surface area contributed by atoms with Gasteiger partial charge in [0.15, 0.2) is 0 Å². The molecule has 0 aromatic rings. The van der Waals surface area contributed by atoms with E-state index in [0.29, 0.717) is 0 Å². The average molecular weight is 106 g/mol. The molecule has 0 spiro atoms. The third-order valence-corrected chi connectivity index (χ3v) is 1.85. The fourth-order valence-corrected chi connectivity index (χ4v) is 1.14. The highest BCUT2D eigenvalue weighted by molar-refractivity contribution is 6.42. The van der Waals surface area contributed by atoms with Crippen molar-refractivity contribution in [2.24, 2.45) is 0 Å². The third-order valence-electron chi connectivity index (χ3n) is 0.773. The summed E-state index contributed by atoms with van der Waals surface area (Å²) in [5.74, 6) is 0. The highest BCUT2D eigenvalue weighted by Gasteiger charge is 1.78. The van der Waals surface area contributed by atoms with Crippen molar-refractivity contribution in [2.45, 2.75) is 11.5 Å². The van der Waals surface area contributed by atoms with Gasteiger partial charge in [-0.05, 0) is 6.92 Å². The molecule has 0 saturated carbocycles. The number of allylic oxidation sites excluding steroid dienone is 2. The Bertz CT molecular complexity index is 64.6. The van der Waals surface area contributed by atoms with Crippen LogP contribution >= 0.6 is 0 Å². The molecule has 1 heteroatoms. The van der Waals surface area contributed by atoms with Crippen LogP contribution in [0, 0.1) is 0 Å². The van der Waals surface area contributed by atoms with Crippen LogP contribution in [-0.4, -0.2) is 20.4 Å². The molecule has 7 heavy (non-hydrogen) atoms. The van der Waals surface area contributed by atoms with E-state index in [2.05, 4.69) is 29.9 Å². The van der Waals surface area contributed by atoms with E-state index < -0.39 is 0 Å². The van der Waals surface area contributed by atoms with Gasteiger partial charge in [-0.1, -0.05) is 6.08 Å². The molecule has 0 aliphatic carbocycles. The summed E-state index contributed by atoms with van der Waals surface area (Å²) in [5, 5.41) is 0. The van der Waals surface area contributed by atoms with Gasteiger partial charge in [0.05, 0.1) is 0 Å². The van der Waals surface area contributed by atoms with Crippen molar-refractivity contribution in [3.63, 3.8) is 0 Å². The molecule has 0 unspecified atom stereocenters. The zero-order valence-corrected chi connectivity index (χ0v) is 6.27. The number of rotatable bonds is 3. The molecule has 0 aromatic carbocycles. The van der Waals surface area contributed by atoms with Crippen LogP contribution in [0.4, 0.5) is 0 Å². The minimum Gasteiger partial charge on any atom is -0.214 e. The second kappa shape index (κ2) is 6.25. The summed E-state index contributed by atoms with van der Waals surface area (Å²) in [7, 11) is 0. The summed E-state index contributed by atoms with van der Waals surface area (Å²) in [6, 6.07) is 0. The molecule has 0 amide bonds. The van der Waals surface area contributed by atoms with E-state index in [1.54, 1.807) is 0 Å². The molecule has 0 aliphatic heterocycles. The molecule has 0 fully saturated rings. The first-order chi connectivity index (χ1) is 3.41. The van der Waals surface area contributed by atoms with Crippen molar-refractivity contribution in [3.05, 3.63) is 22.9 Å². The lowest BCUT2D eigenvalue weighted by atomic mass is 10.6. The Morgan fingerprint density at radius 1 is 1.71 bits per heavy atom. The molecular weight excluding hydrogens is 96.4 g/mol. The normalized spacial score (nSPS) is 8.71. The minimum absolute atomic E-state index is 0.0878. The molecule has 0 bridgehead atoms. The van der Waals surface area contributed by atoms with Crippen molar-refractivity contribution in [1.82, 2.24) is 0 Å². The maximum Gasteiger partial charge on any atom is 0.400 e. The van der Waals surface area contributed by atoms with Crippen molar-refractivity contribution < 1.29 is 0 Å². The average Bonchev–Trinajstić information content (AvgIpc) is 1.69. The van der Waals surface area contributed by atoms with Gasteiger partial charge in [-0.25, -0.2) is 4.21 Å². The summed E-state index contributed by atoms with van der Waals surface area (Å²) >= 11 is 0.0878. The third kappa shape index (κ3) is 6.25. The van der Waals surface area contributed by atoms with Crippen LogP contribution in [0.2, 0.25) is 4.55 Å². The van der Waals surface area contributed by atoms with Crippen LogP contribution < -0.4 is 0 Å². The molecule has 0 saturated heterocycles. The lowest BCUT2D eigenvalue weighted by molar-refractivity contribution is 1.61. The fourth-order valence-electron chi connectivity index (χ4n) is 0.381. The predicted molar refractivity (Wildman–Crippen MR) is 35.6 cm³/mol. The molecule has 0 atom stereocenters. The van der Waals surface area contributed by atoms with E-state index in [4.69, 9.17) is 0 Å². The Balaban J connectivity index is 2.82. The van der Waals surface area contributed by atoms with Crippen molar-refractivity contribution >= 4 is 20.4 Å². The molecule has 0 aliphatic rings. The van der Waals surface area contributed by atoms with Gasteiger partial charge in [0.25, 0.3) is 0 Å². The maximum absolute atomic E-state index is 3.66. The molecule has 36 valence electrons. The lowest BCUT2D eigenvalue weighted by Gasteiger charge is -1.74. The molecular formula is C6H10Mg. The van der Waals surface area contributed by atoms with Gasteiger partial charge in [0.1, 0.15) is 0 Å². The number of hydrogen-bond acceptors (Lipinski definition) is 0. The van der Waals surface area contributed by atoms with Crippen LogP contribution in [0.5, 0.6) is 0 Å². The van der Waals surface area contributed by atoms with Gasteiger partial charge < -0.3 is 0 Å². The first-order valence-electron chi connectivity index (χ1n) is 2.64. The van der Waals surface area contributed by atoms with Gasteiger partial charge >= 0.3 is 20.4 Å². The summed E-state index contributed by atoms with van der Waals surface area (Å²) in [4.78, 5) is 0. The van der Waals surface area contributed by atoms with Crippen LogP contribution in [0.25, 0.3) is 0 Å². The SMILES string of the molecule is C=[CH][Mg][CH2]C=CC. The van der Waals surface area contributed by atoms with Crippen molar-refractivity contribution in [2.75, 3.05) is 0 Å². The van der Waals surface area contributed by atoms with Gasteiger partial charge in [-0.2, -0.15) is 0 Å². The largest absolute Gasteiger partial charge is 0.400 e. The van der Waals surface area contributed by atoms with E-state index in [9.17, 15) is 0 Å². The Morgan fingerprint density at radius 2 is 2.43 bits per heavy atom. The molecule has 0 heterocycles. The highest BCUT2D eigenvalue weighted by Crippen LogP contribution is 1.79. The van der Waals surface area contributed by atoms with E-state index in [0.717, 1.165) is 0 Å². The molecule has 0 nitrogen and oxygen atoms in total. The Kier molecular flexibility index (Phi) is 6.47. The predicted octanol–water partition coefficient (Wildman–Crippen LogP) is 1.83. The molecule has 0 aromatic heterocycles. The zero-order valence-electron chi connectivity index (χ0n) is 4.85. The second-order valence-electron chi connectivity index (χ2n) is 1.44. The van der Waals surface area contributed by atoms with E-state index in [1.165, 1.54) is 4.55 Å². The van der Waals surface area contributed by atoms with Crippen LogP contribution in [0.1, 0.15) is 6.92 Å². The highest BCUT2D eigenvalue weighted by atomic mass is 24.5. The fraction of sp³-hybridized carbons (Fsp3) is 0.333. The Labute approximate surface area is 55.0 Å². The quantitative estimate of drug-likeness (QED) is 0.293. The zero-order chi connectivity index (χ0) is 5.54. The Morgan fingerprint density at radius 3 is 2.86 bits per heavy atom. The standard InChI is InChI=1S/C4H7.C2H3.Mg/c1-3-4-2;1-2;/h3-4H,1H2,2H3;1H,2H2;. The van der Waals surface area contributed by atoms with E-state index in [1.807, 2.05) is 0 Å². The first kappa shape index (κ1) is 7.25. The molecule has 0 N–H and O–H groups in total. The molecule has 0 rings (SSSR count). The first-order valence-corrected chi connectivity index (χ1v) is 4.45. The van der Waals surface area contributed by atoms with E-state index >= 15 is 0 Å². The van der Waals surface area contributed by atoms with Gasteiger partial charge in [0, 0.05) is 0 Å². The van der Waals surface area contributed by atoms with E-state index in [-0.39, 0.29) is 20.4 Å². The van der Waals surface area contributed by atoms with Crippen molar-refractivity contribution in [3.8, 4) is 0 Å². The summed E-state index contributed by atoms with van der Waals surface area (Å²) < 4.78 is 3.35. The Hall–Kier alpha value is 0.246. The number of hydrogen-bond donors (Lipinski definition) is 0. The topological polar surface area (TPSA) is 0 Å². The molecule has 0 radical (unpaired) electrons. The summed E-state index contributed by atoms with van der Waals surface area (Å²) in [6.07, 6.45) is 4.30. The van der Waals surface area contributed by atoms with Crippen LogP contribution in [0.15, 0.2) is 22.9 Å². The van der Waals surface area contributed by atoms with Crippen molar-refractivity contribution in [1.29, 1.82) is 0 Å².